The maximum Gasteiger partial charge on any atom is 0.416 e. The number of fused-ring (bicyclic) bond motifs is 1. The van der Waals surface area contributed by atoms with Crippen LogP contribution in [0.25, 0.3) is 0 Å². The number of aromatic nitrogens is 2. The van der Waals surface area contributed by atoms with Crippen molar-refractivity contribution in [1.29, 1.82) is 0 Å². The summed E-state index contributed by atoms with van der Waals surface area (Å²) in [5.41, 5.74) is 1.73. The molecule has 4 aromatic rings. The molecule has 11 nitrogen and oxygen atoms in total. The number of aryl methyl sites for hydroxylation is 1. The summed E-state index contributed by atoms with van der Waals surface area (Å²) >= 11 is 0. The van der Waals surface area contributed by atoms with E-state index in [0.29, 0.717) is 43.2 Å². The van der Waals surface area contributed by atoms with Crippen molar-refractivity contribution in [2.75, 3.05) is 37.7 Å². The number of nitrogens with zero attached hydrogens (tertiary/aromatic N) is 5. The Morgan fingerprint density at radius 2 is 1.66 bits per heavy atom. The lowest BCUT2D eigenvalue weighted by atomic mass is 10.1. The van der Waals surface area contributed by atoms with Crippen molar-refractivity contribution < 1.29 is 37.4 Å². The van der Waals surface area contributed by atoms with Gasteiger partial charge in [0.25, 0.3) is 0 Å². The van der Waals surface area contributed by atoms with Crippen LogP contribution < -0.4 is 19.1 Å². The third kappa shape index (κ3) is 8.37. The summed E-state index contributed by atoms with van der Waals surface area (Å²) in [6, 6.07) is 18.0. The van der Waals surface area contributed by atoms with E-state index in [9.17, 15) is 28.4 Å². The molecule has 2 aliphatic rings. The molecular weight excluding hydrogens is 643 g/mol. The number of alkyl halides is 3. The second-order valence-corrected chi connectivity index (χ2v) is 11.2. The van der Waals surface area contributed by atoms with Gasteiger partial charge in [-0.25, -0.2) is 0 Å². The first-order valence-electron chi connectivity index (χ1n) is 14.8. The van der Waals surface area contributed by atoms with E-state index in [1.54, 1.807) is 16.7 Å². The maximum atomic E-state index is 12.8. The molecule has 0 spiro atoms. The number of rotatable bonds is 10. The molecule has 1 saturated heterocycles. The second kappa shape index (κ2) is 14.4. The Balaban J connectivity index is 0.00000433. The molecule has 2 aliphatic heterocycles. The molecule has 250 valence electrons. The Kier molecular flexibility index (Phi) is 10.3. The van der Waals surface area contributed by atoms with E-state index < -0.39 is 16.7 Å². The van der Waals surface area contributed by atoms with Crippen LogP contribution in [0.15, 0.2) is 72.9 Å². The Labute approximate surface area is 274 Å². The Morgan fingerprint density at radius 1 is 0.957 bits per heavy atom. The molecule has 15 heteroatoms. The van der Waals surface area contributed by atoms with Crippen LogP contribution >= 0.6 is 12.4 Å². The van der Waals surface area contributed by atoms with E-state index in [1.807, 2.05) is 24.3 Å². The predicted molar refractivity (Wildman–Crippen MR) is 168 cm³/mol. The van der Waals surface area contributed by atoms with Crippen molar-refractivity contribution in [3.63, 3.8) is 0 Å². The molecule has 1 N–H and O–H groups in total. The van der Waals surface area contributed by atoms with Gasteiger partial charge in [0.05, 0.1) is 5.56 Å². The average Bonchev–Trinajstić information content (AvgIpc) is 3.49. The average molecular weight is 676 g/mol. The molecular formula is C32H33ClF3N5O6. The minimum Gasteiger partial charge on any atom is -0.507 e. The fourth-order valence-electron chi connectivity index (χ4n) is 5.41. The number of anilines is 1. The van der Waals surface area contributed by atoms with Gasteiger partial charge in [-0.15, -0.1) is 12.4 Å². The largest absolute Gasteiger partial charge is 0.507 e. The zero-order valence-electron chi connectivity index (χ0n) is 25.1. The number of halogens is 4. The zero-order chi connectivity index (χ0) is 32.3. The number of benzene rings is 3. The van der Waals surface area contributed by atoms with Crippen LogP contribution in [0.5, 0.6) is 23.3 Å². The smallest absolute Gasteiger partial charge is 0.416 e. The first-order chi connectivity index (χ1) is 22.1. The number of hydrogen-bond acceptors (Lipinski definition) is 9. The van der Waals surface area contributed by atoms with E-state index in [-0.39, 0.29) is 42.7 Å². The molecule has 3 heterocycles. The standard InChI is InChI=1S/C32H32F3N5O6.ClH/c33-32(34,35)24-4-1-22(2-5-24)20-44-27-8-3-23(29(41)17-27)18-37-13-15-38(16-14-37)25-6-9-26(10-7-25)45-21-28-11-12-39-19-30(40(42)43)36-31(39)46-28;/h1-10,17,19,28,41H,11-16,18,20-21H2;1H. The van der Waals surface area contributed by atoms with E-state index in [0.717, 1.165) is 49.6 Å². The highest BCUT2D eigenvalue weighted by molar-refractivity contribution is 5.85. The van der Waals surface area contributed by atoms with Gasteiger partial charge in [0.2, 0.25) is 0 Å². The molecule has 1 aromatic heterocycles. The SMILES string of the molecule is Cl.O=[N+]([O-])c1cn2c(n1)OC(COc1ccc(N3CCN(Cc4ccc(OCc5ccc(C(F)(F)F)cc5)cc4O)CC3)cc1)CC2. The predicted octanol–water partition coefficient (Wildman–Crippen LogP) is 6.07. The van der Waals surface area contributed by atoms with Crippen molar-refractivity contribution in [2.45, 2.75) is 38.4 Å². The van der Waals surface area contributed by atoms with Crippen molar-refractivity contribution in [1.82, 2.24) is 14.5 Å². The lowest BCUT2D eigenvalue weighted by molar-refractivity contribution is -0.389. The summed E-state index contributed by atoms with van der Waals surface area (Å²) < 4.78 is 57.3. The highest BCUT2D eigenvalue weighted by atomic mass is 35.5. The summed E-state index contributed by atoms with van der Waals surface area (Å²) in [6.45, 7) is 4.76. The number of imidazole rings is 1. The molecule has 1 unspecified atom stereocenters. The maximum absolute atomic E-state index is 12.8. The number of ether oxygens (including phenoxy) is 3. The molecule has 0 saturated carbocycles. The van der Waals surface area contributed by atoms with Crippen molar-refractivity contribution in [2.24, 2.45) is 0 Å². The fourth-order valence-corrected chi connectivity index (χ4v) is 5.41. The second-order valence-electron chi connectivity index (χ2n) is 11.2. The van der Waals surface area contributed by atoms with Gasteiger partial charge in [0.1, 0.15) is 42.8 Å². The first-order valence-corrected chi connectivity index (χ1v) is 14.8. The van der Waals surface area contributed by atoms with Gasteiger partial charge in [-0.3, -0.25) is 9.47 Å². The summed E-state index contributed by atoms with van der Waals surface area (Å²) in [7, 11) is 0. The van der Waals surface area contributed by atoms with Gasteiger partial charge >= 0.3 is 18.0 Å². The fraction of sp³-hybridized carbons (Fsp3) is 0.344. The molecule has 47 heavy (non-hydrogen) atoms. The quantitative estimate of drug-likeness (QED) is 0.158. The molecule has 0 bridgehead atoms. The lowest BCUT2D eigenvalue weighted by Gasteiger charge is -2.36. The van der Waals surface area contributed by atoms with Crippen LogP contribution in [0.1, 0.15) is 23.1 Å². The van der Waals surface area contributed by atoms with Crippen LogP contribution in [0, 0.1) is 10.1 Å². The van der Waals surface area contributed by atoms with E-state index in [4.69, 9.17) is 14.2 Å². The van der Waals surface area contributed by atoms with Crippen molar-refractivity contribution in [3.8, 4) is 23.3 Å². The van der Waals surface area contributed by atoms with Crippen LogP contribution in [-0.2, 0) is 25.9 Å². The first kappa shape index (κ1) is 33.7. The van der Waals surface area contributed by atoms with Gasteiger partial charge < -0.3 is 34.3 Å². The normalized spacial score (nSPS) is 16.5. The third-order valence-electron chi connectivity index (χ3n) is 8.03. The van der Waals surface area contributed by atoms with Gasteiger partial charge in [0.15, 0.2) is 0 Å². The van der Waals surface area contributed by atoms with Crippen molar-refractivity contribution >= 4 is 23.9 Å². The summed E-state index contributed by atoms with van der Waals surface area (Å²) in [5.74, 6) is 1.01. The van der Waals surface area contributed by atoms with E-state index in [1.165, 1.54) is 24.4 Å². The topological polar surface area (TPSA) is 115 Å². The van der Waals surface area contributed by atoms with E-state index >= 15 is 0 Å². The van der Waals surface area contributed by atoms with Crippen LogP contribution in [-0.4, -0.2) is 63.4 Å². The lowest BCUT2D eigenvalue weighted by Crippen LogP contribution is -2.45. The summed E-state index contributed by atoms with van der Waals surface area (Å²) in [4.78, 5) is 18.9. The Bertz CT molecular complexity index is 1660. The van der Waals surface area contributed by atoms with Gasteiger partial charge in [-0.05, 0) is 53.0 Å². The molecule has 0 aliphatic carbocycles. The number of phenolic OH excluding ortho intramolecular Hbond substituents is 1. The number of phenols is 1. The monoisotopic (exact) mass is 675 g/mol. The highest BCUT2D eigenvalue weighted by Gasteiger charge is 2.30. The summed E-state index contributed by atoms with van der Waals surface area (Å²) in [5, 5.41) is 21.6. The van der Waals surface area contributed by atoms with Gasteiger partial charge in [0, 0.05) is 68.0 Å². The van der Waals surface area contributed by atoms with Crippen LogP contribution in [0.3, 0.4) is 0 Å². The van der Waals surface area contributed by atoms with Crippen LogP contribution in [0.2, 0.25) is 0 Å². The molecule has 1 fully saturated rings. The third-order valence-corrected chi connectivity index (χ3v) is 8.03. The van der Waals surface area contributed by atoms with Gasteiger partial charge in [-0.2, -0.15) is 13.2 Å². The zero-order valence-corrected chi connectivity index (χ0v) is 26.0. The Morgan fingerprint density at radius 3 is 2.32 bits per heavy atom. The summed E-state index contributed by atoms with van der Waals surface area (Å²) in [6.07, 6.45) is -2.60. The number of piperazine rings is 1. The molecule has 6 rings (SSSR count). The number of hydrogen-bond donors (Lipinski definition) is 1. The minimum atomic E-state index is -4.38. The highest BCUT2D eigenvalue weighted by Crippen LogP contribution is 2.30. The van der Waals surface area contributed by atoms with Crippen molar-refractivity contribution in [3.05, 3.63) is 99.7 Å². The molecule has 3 aromatic carbocycles. The molecule has 0 radical (unpaired) electrons. The van der Waals surface area contributed by atoms with E-state index in [2.05, 4.69) is 14.8 Å². The van der Waals surface area contributed by atoms with Gasteiger partial charge in [-0.1, -0.05) is 18.2 Å². The number of aromatic hydroxyl groups is 1. The van der Waals surface area contributed by atoms with Crippen LogP contribution in [0.4, 0.5) is 24.7 Å². The number of nitro groups is 1. The Hall–Kier alpha value is -4.69. The molecule has 1 atom stereocenters. The molecule has 0 amide bonds. The minimum absolute atomic E-state index is 0.